The van der Waals surface area contributed by atoms with Crippen LogP contribution in [0.1, 0.15) is 10.4 Å². The molecule has 0 fully saturated rings. The Bertz CT molecular complexity index is 740. The lowest BCUT2D eigenvalue weighted by atomic mass is 10.1. The van der Waals surface area contributed by atoms with Crippen molar-refractivity contribution >= 4 is 34.4 Å². The number of rotatable bonds is 4. The molecule has 0 saturated heterocycles. The van der Waals surface area contributed by atoms with Gasteiger partial charge in [-0.15, -0.1) is 0 Å². The molecular weight excluding hydrogens is 325 g/mol. The maximum atomic E-state index is 12.6. The molecule has 0 aliphatic rings. The van der Waals surface area contributed by atoms with Gasteiger partial charge in [-0.05, 0) is 12.1 Å². The van der Waals surface area contributed by atoms with Crippen molar-refractivity contribution in [2.45, 2.75) is 12.7 Å². The van der Waals surface area contributed by atoms with E-state index < -0.39 is 23.6 Å². The first-order chi connectivity index (χ1) is 10.2. The summed E-state index contributed by atoms with van der Waals surface area (Å²) in [4.78, 5) is 21.9. The number of nitrogens with zero attached hydrogens (tertiary/aromatic N) is 1. The van der Waals surface area contributed by atoms with Gasteiger partial charge >= 0.3 is 12.3 Å². The predicted molar refractivity (Wildman–Crippen MR) is 73.4 cm³/mol. The lowest BCUT2D eigenvalue weighted by molar-refractivity contribution is -0.0884. The summed E-state index contributed by atoms with van der Waals surface area (Å²) in [6.45, 7) is 0.0412. The highest BCUT2D eigenvalue weighted by atomic mass is 35.5. The Balaban J connectivity index is 2.46. The molecule has 0 bridgehead atoms. The Hall–Kier alpha value is -2.22. The zero-order chi connectivity index (χ0) is 16.5. The van der Waals surface area contributed by atoms with Crippen molar-refractivity contribution in [1.29, 1.82) is 0 Å². The highest BCUT2D eigenvalue weighted by molar-refractivity contribution is 6.31. The number of ketones is 1. The molecule has 1 heterocycles. The van der Waals surface area contributed by atoms with E-state index in [1.165, 1.54) is 22.8 Å². The molecule has 2 rings (SSSR count). The van der Waals surface area contributed by atoms with Gasteiger partial charge in [0.15, 0.2) is 0 Å². The number of carboxylic acid groups (broad SMARTS) is 1. The first-order valence-corrected chi connectivity index (χ1v) is 6.44. The third-order valence-electron chi connectivity index (χ3n) is 2.98. The Morgan fingerprint density at radius 2 is 2.00 bits per heavy atom. The third-order valence-corrected chi connectivity index (χ3v) is 3.21. The molecule has 22 heavy (non-hydrogen) atoms. The van der Waals surface area contributed by atoms with Gasteiger partial charge in [0.25, 0.3) is 5.78 Å². The van der Waals surface area contributed by atoms with Crippen LogP contribution in [-0.2, 0) is 6.54 Å². The van der Waals surface area contributed by atoms with E-state index in [9.17, 15) is 22.8 Å². The van der Waals surface area contributed by atoms with Gasteiger partial charge in [-0.3, -0.25) is 4.79 Å². The molecule has 2 aromatic rings. The molecule has 1 amide bonds. The first-order valence-electron chi connectivity index (χ1n) is 6.07. The van der Waals surface area contributed by atoms with Crippen molar-refractivity contribution in [2.24, 2.45) is 0 Å². The number of carbonyl (C=O) groups is 2. The van der Waals surface area contributed by atoms with Gasteiger partial charge in [0.1, 0.15) is 0 Å². The number of hydrogen-bond donors (Lipinski definition) is 2. The summed E-state index contributed by atoms with van der Waals surface area (Å²) in [7, 11) is 0. The number of benzene rings is 1. The molecule has 0 aliphatic carbocycles. The Morgan fingerprint density at radius 3 is 2.59 bits per heavy atom. The van der Waals surface area contributed by atoms with Gasteiger partial charge in [0, 0.05) is 29.7 Å². The van der Waals surface area contributed by atoms with E-state index in [4.69, 9.17) is 16.7 Å². The summed E-state index contributed by atoms with van der Waals surface area (Å²) in [5, 5.41) is 11.0. The zero-order valence-electron chi connectivity index (χ0n) is 10.9. The molecule has 0 spiro atoms. The zero-order valence-corrected chi connectivity index (χ0v) is 11.7. The number of fused-ring (bicyclic) bond motifs is 1. The second-order valence-electron chi connectivity index (χ2n) is 4.46. The van der Waals surface area contributed by atoms with E-state index >= 15 is 0 Å². The van der Waals surface area contributed by atoms with Crippen LogP contribution in [0.15, 0.2) is 24.4 Å². The van der Waals surface area contributed by atoms with Crippen molar-refractivity contribution in [3.05, 3.63) is 35.0 Å². The normalized spacial score (nSPS) is 11.6. The quantitative estimate of drug-likeness (QED) is 0.843. The van der Waals surface area contributed by atoms with E-state index in [0.29, 0.717) is 10.5 Å². The molecule has 0 atom stereocenters. The summed E-state index contributed by atoms with van der Waals surface area (Å²) in [5.74, 6) is -1.95. The van der Waals surface area contributed by atoms with Crippen molar-refractivity contribution < 1.29 is 27.9 Å². The minimum absolute atomic E-state index is 0.0225. The fourth-order valence-electron chi connectivity index (χ4n) is 2.07. The van der Waals surface area contributed by atoms with Crippen LogP contribution in [0.5, 0.6) is 0 Å². The number of Topliss-reactive ketones (excluding diaryl/α,β-unsaturated/α-hetero) is 1. The number of nitrogens with one attached hydrogen (secondary N) is 1. The van der Waals surface area contributed by atoms with Gasteiger partial charge in [0.05, 0.1) is 11.1 Å². The SMILES string of the molecule is O=C(O)NCCn1cc(C(=O)C(F)(F)F)c2ccc(Cl)cc21. The van der Waals surface area contributed by atoms with Crippen molar-refractivity contribution in [2.75, 3.05) is 6.54 Å². The predicted octanol–water partition coefficient (Wildman–Crippen LogP) is 3.31. The minimum atomic E-state index is -4.99. The van der Waals surface area contributed by atoms with E-state index in [-0.39, 0.29) is 18.5 Å². The minimum Gasteiger partial charge on any atom is -0.465 e. The lowest BCUT2D eigenvalue weighted by Gasteiger charge is -2.05. The number of halogens is 4. The number of aromatic nitrogens is 1. The van der Waals surface area contributed by atoms with Gasteiger partial charge in [0.2, 0.25) is 0 Å². The van der Waals surface area contributed by atoms with E-state index in [1.54, 1.807) is 0 Å². The molecule has 118 valence electrons. The smallest absolute Gasteiger partial charge is 0.454 e. The molecular formula is C13H10ClF3N2O3. The largest absolute Gasteiger partial charge is 0.465 e. The Kier molecular flexibility index (Phi) is 4.32. The van der Waals surface area contributed by atoms with Gasteiger partial charge in [-0.25, -0.2) is 4.79 Å². The van der Waals surface area contributed by atoms with E-state index in [0.717, 1.165) is 6.20 Å². The standard InChI is InChI=1S/C13H10ClF3N2O3/c14-7-1-2-8-9(11(20)13(15,16)17)6-19(10(8)5-7)4-3-18-12(21)22/h1-2,5-6,18H,3-4H2,(H,21,22). The number of carbonyl (C=O) groups excluding carboxylic acids is 1. The summed E-state index contributed by atoms with van der Waals surface area (Å²) < 4.78 is 39.3. The van der Waals surface area contributed by atoms with E-state index in [2.05, 4.69) is 5.32 Å². The molecule has 0 radical (unpaired) electrons. The number of hydrogen-bond acceptors (Lipinski definition) is 2. The first kappa shape index (κ1) is 16.2. The average molecular weight is 335 g/mol. The van der Waals surface area contributed by atoms with E-state index in [1.807, 2.05) is 0 Å². The molecule has 2 N–H and O–H groups in total. The van der Waals surface area contributed by atoms with Crippen molar-refractivity contribution in [1.82, 2.24) is 9.88 Å². The van der Waals surface area contributed by atoms with Crippen LogP contribution in [0.2, 0.25) is 5.02 Å². The van der Waals surface area contributed by atoms with Gasteiger partial charge in [-0.1, -0.05) is 17.7 Å². The Morgan fingerprint density at radius 1 is 1.32 bits per heavy atom. The van der Waals surface area contributed by atoms with Crippen molar-refractivity contribution in [3.63, 3.8) is 0 Å². The third kappa shape index (κ3) is 3.33. The van der Waals surface area contributed by atoms with Gasteiger partial charge in [-0.2, -0.15) is 13.2 Å². The molecule has 0 unspecified atom stereocenters. The summed E-state index contributed by atoms with van der Waals surface area (Å²) >= 11 is 5.82. The van der Waals surface area contributed by atoms with Crippen LogP contribution in [0, 0.1) is 0 Å². The van der Waals surface area contributed by atoms with Crippen LogP contribution >= 0.6 is 11.6 Å². The fourth-order valence-corrected chi connectivity index (χ4v) is 2.23. The second-order valence-corrected chi connectivity index (χ2v) is 4.89. The molecule has 0 saturated carbocycles. The number of alkyl halides is 3. The molecule has 1 aromatic heterocycles. The highest BCUT2D eigenvalue weighted by Gasteiger charge is 2.40. The lowest BCUT2D eigenvalue weighted by Crippen LogP contribution is -2.25. The molecule has 9 heteroatoms. The summed E-state index contributed by atoms with van der Waals surface area (Å²) in [6, 6.07) is 4.14. The van der Waals surface area contributed by atoms with Crippen molar-refractivity contribution in [3.8, 4) is 0 Å². The second kappa shape index (κ2) is 5.88. The maximum absolute atomic E-state index is 12.6. The highest BCUT2D eigenvalue weighted by Crippen LogP contribution is 2.30. The summed E-state index contributed by atoms with van der Waals surface area (Å²) in [6.07, 6.45) is -5.18. The average Bonchev–Trinajstić information content (AvgIpc) is 2.74. The van der Waals surface area contributed by atoms with Crippen LogP contribution in [0.25, 0.3) is 10.9 Å². The van der Waals surface area contributed by atoms with Crippen LogP contribution < -0.4 is 5.32 Å². The molecule has 1 aromatic carbocycles. The Labute approximate surface area is 127 Å². The maximum Gasteiger partial charge on any atom is 0.454 e. The van der Waals surface area contributed by atoms with Gasteiger partial charge < -0.3 is 15.0 Å². The van der Waals surface area contributed by atoms with Crippen LogP contribution in [-0.4, -0.2) is 34.3 Å². The van der Waals surface area contributed by atoms with Crippen LogP contribution in [0.4, 0.5) is 18.0 Å². The molecule has 5 nitrogen and oxygen atoms in total. The summed E-state index contributed by atoms with van der Waals surface area (Å²) in [5.41, 5.74) is -0.165. The number of amides is 1. The van der Waals surface area contributed by atoms with Crippen LogP contribution in [0.3, 0.4) is 0 Å². The fraction of sp³-hybridized carbons (Fsp3) is 0.231. The monoisotopic (exact) mass is 334 g/mol. The topological polar surface area (TPSA) is 71.3 Å². The molecule has 0 aliphatic heterocycles.